The summed E-state index contributed by atoms with van der Waals surface area (Å²) in [5.41, 5.74) is 7.68. The molecule has 2 N–H and O–H groups in total. The van der Waals surface area contributed by atoms with Gasteiger partial charge in [0.25, 0.3) is 0 Å². The van der Waals surface area contributed by atoms with Crippen molar-refractivity contribution in [3.05, 3.63) is 16.1 Å². The molecule has 0 atom stereocenters. The monoisotopic (exact) mass is 296 g/mol. The van der Waals surface area contributed by atoms with E-state index in [1.807, 2.05) is 12.3 Å². The van der Waals surface area contributed by atoms with E-state index in [0.29, 0.717) is 5.13 Å². The zero-order valence-corrected chi connectivity index (χ0v) is 12.4. The van der Waals surface area contributed by atoms with Crippen molar-refractivity contribution in [3.8, 4) is 10.6 Å². The number of hydrogen-bond acceptors (Lipinski definition) is 7. The second-order valence-corrected chi connectivity index (χ2v) is 6.45. The number of nitrogens with zero attached hydrogens (tertiary/aromatic N) is 3. The molecule has 3 heterocycles. The van der Waals surface area contributed by atoms with Crippen LogP contribution in [0.2, 0.25) is 0 Å². The first-order chi connectivity index (χ1) is 9.22. The Labute approximate surface area is 120 Å². The summed E-state index contributed by atoms with van der Waals surface area (Å²) in [5, 5.41) is 3.74. The predicted molar refractivity (Wildman–Crippen MR) is 78.5 cm³/mol. The SMILES string of the molecule is Cc1nc(CN2CCOCC2)sc1-c1csc(N)n1. The van der Waals surface area contributed by atoms with E-state index in [-0.39, 0.29) is 0 Å². The molecular weight excluding hydrogens is 280 g/mol. The average molecular weight is 296 g/mol. The highest BCUT2D eigenvalue weighted by molar-refractivity contribution is 7.16. The van der Waals surface area contributed by atoms with Crippen molar-refractivity contribution in [1.29, 1.82) is 0 Å². The lowest BCUT2D eigenvalue weighted by molar-refractivity contribution is 0.0341. The number of aromatic nitrogens is 2. The normalized spacial score (nSPS) is 16.9. The van der Waals surface area contributed by atoms with Crippen LogP contribution >= 0.6 is 22.7 Å². The van der Waals surface area contributed by atoms with Gasteiger partial charge in [0.1, 0.15) is 5.01 Å². The number of ether oxygens (including phenoxy) is 1. The Kier molecular flexibility index (Phi) is 3.79. The zero-order chi connectivity index (χ0) is 13.2. The van der Waals surface area contributed by atoms with Crippen LogP contribution in [0.3, 0.4) is 0 Å². The molecule has 0 saturated carbocycles. The van der Waals surface area contributed by atoms with E-state index in [1.165, 1.54) is 11.3 Å². The van der Waals surface area contributed by atoms with Gasteiger partial charge in [-0.05, 0) is 6.92 Å². The van der Waals surface area contributed by atoms with Crippen LogP contribution in [0.25, 0.3) is 10.6 Å². The summed E-state index contributed by atoms with van der Waals surface area (Å²) in [7, 11) is 0. The van der Waals surface area contributed by atoms with Gasteiger partial charge in [0.15, 0.2) is 5.13 Å². The molecule has 0 radical (unpaired) electrons. The minimum absolute atomic E-state index is 0.609. The second kappa shape index (κ2) is 5.54. The fourth-order valence-corrected chi connectivity index (χ4v) is 3.80. The van der Waals surface area contributed by atoms with Crippen LogP contribution in [0.5, 0.6) is 0 Å². The van der Waals surface area contributed by atoms with E-state index in [9.17, 15) is 0 Å². The number of nitrogen functional groups attached to an aromatic ring is 1. The van der Waals surface area contributed by atoms with Gasteiger partial charge in [-0.15, -0.1) is 22.7 Å². The van der Waals surface area contributed by atoms with Gasteiger partial charge in [-0.25, -0.2) is 9.97 Å². The van der Waals surface area contributed by atoms with Crippen LogP contribution in [0, 0.1) is 6.92 Å². The van der Waals surface area contributed by atoms with Crippen molar-refractivity contribution >= 4 is 27.8 Å². The number of anilines is 1. The molecule has 3 rings (SSSR count). The Balaban J connectivity index is 1.77. The molecule has 0 aliphatic carbocycles. The third-order valence-corrected chi connectivity index (χ3v) is 4.90. The molecule has 19 heavy (non-hydrogen) atoms. The number of hydrogen-bond donors (Lipinski definition) is 1. The smallest absolute Gasteiger partial charge is 0.180 e. The maximum atomic E-state index is 5.69. The lowest BCUT2D eigenvalue weighted by Crippen LogP contribution is -2.35. The number of rotatable bonds is 3. The maximum Gasteiger partial charge on any atom is 0.180 e. The largest absolute Gasteiger partial charge is 0.379 e. The number of morpholine rings is 1. The van der Waals surface area contributed by atoms with E-state index in [1.54, 1.807) is 11.3 Å². The third-order valence-electron chi connectivity index (χ3n) is 3.06. The van der Waals surface area contributed by atoms with Gasteiger partial charge in [0.05, 0.1) is 36.0 Å². The summed E-state index contributed by atoms with van der Waals surface area (Å²) in [5.74, 6) is 0. The summed E-state index contributed by atoms with van der Waals surface area (Å²) >= 11 is 3.19. The Morgan fingerprint density at radius 2 is 2.16 bits per heavy atom. The second-order valence-electron chi connectivity index (χ2n) is 4.48. The molecule has 7 heteroatoms. The molecule has 0 unspecified atom stereocenters. The minimum Gasteiger partial charge on any atom is -0.379 e. The highest BCUT2D eigenvalue weighted by Gasteiger charge is 2.16. The van der Waals surface area contributed by atoms with Gasteiger partial charge in [-0.1, -0.05) is 0 Å². The van der Waals surface area contributed by atoms with E-state index >= 15 is 0 Å². The van der Waals surface area contributed by atoms with Crippen molar-refractivity contribution in [2.45, 2.75) is 13.5 Å². The Hall–Kier alpha value is -1.02. The molecule has 5 nitrogen and oxygen atoms in total. The maximum absolute atomic E-state index is 5.69. The van der Waals surface area contributed by atoms with Gasteiger partial charge in [0.2, 0.25) is 0 Å². The molecule has 0 amide bonds. The molecule has 2 aromatic rings. The summed E-state index contributed by atoms with van der Waals surface area (Å²) < 4.78 is 5.36. The Morgan fingerprint density at radius 1 is 1.37 bits per heavy atom. The van der Waals surface area contributed by atoms with Crippen LogP contribution in [-0.4, -0.2) is 41.2 Å². The lowest BCUT2D eigenvalue weighted by atomic mass is 10.3. The standard InChI is InChI=1S/C12H16N4OS2/c1-8-11(9-7-18-12(13)15-9)19-10(14-8)6-16-2-4-17-5-3-16/h7H,2-6H2,1H3,(H2,13,15). The van der Waals surface area contributed by atoms with Crippen molar-refractivity contribution in [3.63, 3.8) is 0 Å². The molecule has 2 aromatic heterocycles. The molecule has 1 aliphatic heterocycles. The highest BCUT2D eigenvalue weighted by Crippen LogP contribution is 2.32. The molecular formula is C12H16N4OS2. The summed E-state index contributed by atoms with van der Waals surface area (Å²) in [4.78, 5) is 12.5. The lowest BCUT2D eigenvalue weighted by Gasteiger charge is -2.25. The molecule has 0 bridgehead atoms. The van der Waals surface area contributed by atoms with Gasteiger partial charge < -0.3 is 10.5 Å². The van der Waals surface area contributed by atoms with E-state index in [2.05, 4.69) is 14.9 Å². The number of aryl methyl sites for hydroxylation is 1. The van der Waals surface area contributed by atoms with Crippen molar-refractivity contribution < 1.29 is 4.74 Å². The third kappa shape index (κ3) is 2.94. The average Bonchev–Trinajstić information content (AvgIpc) is 2.97. The molecule has 1 aliphatic rings. The highest BCUT2D eigenvalue weighted by atomic mass is 32.1. The Bertz CT molecular complexity index is 560. The molecule has 102 valence electrons. The quantitative estimate of drug-likeness (QED) is 0.938. The first-order valence-corrected chi connectivity index (χ1v) is 7.90. The Morgan fingerprint density at radius 3 is 2.84 bits per heavy atom. The summed E-state index contributed by atoms with van der Waals surface area (Å²) in [6.07, 6.45) is 0. The minimum atomic E-state index is 0.609. The molecule has 0 aromatic carbocycles. The van der Waals surface area contributed by atoms with Crippen molar-refractivity contribution in [1.82, 2.24) is 14.9 Å². The van der Waals surface area contributed by atoms with E-state index < -0.39 is 0 Å². The number of thiazole rings is 2. The topological polar surface area (TPSA) is 64.3 Å². The van der Waals surface area contributed by atoms with Gasteiger partial charge >= 0.3 is 0 Å². The first kappa shape index (κ1) is 13.0. The summed E-state index contributed by atoms with van der Waals surface area (Å²) in [6, 6.07) is 0. The fraction of sp³-hybridized carbons (Fsp3) is 0.500. The van der Waals surface area contributed by atoms with Crippen LogP contribution in [0.4, 0.5) is 5.13 Å². The molecule has 1 fully saturated rings. The van der Waals surface area contributed by atoms with Gasteiger partial charge in [-0.3, -0.25) is 4.90 Å². The summed E-state index contributed by atoms with van der Waals surface area (Å²) in [6.45, 7) is 6.54. The zero-order valence-electron chi connectivity index (χ0n) is 10.8. The fourth-order valence-electron chi connectivity index (χ4n) is 2.10. The first-order valence-electron chi connectivity index (χ1n) is 6.20. The molecule has 1 saturated heterocycles. The predicted octanol–water partition coefficient (Wildman–Crippen LogP) is 1.99. The van der Waals surface area contributed by atoms with E-state index in [0.717, 1.165) is 54.1 Å². The van der Waals surface area contributed by atoms with E-state index in [4.69, 9.17) is 10.5 Å². The van der Waals surface area contributed by atoms with Crippen molar-refractivity contribution in [2.75, 3.05) is 32.0 Å². The van der Waals surface area contributed by atoms with Gasteiger partial charge in [0, 0.05) is 18.5 Å². The van der Waals surface area contributed by atoms with Crippen molar-refractivity contribution in [2.24, 2.45) is 0 Å². The van der Waals surface area contributed by atoms with Crippen LogP contribution in [0.1, 0.15) is 10.7 Å². The van der Waals surface area contributed by atoms with Crippen LogP contribution in [-0.2, 0) is 11.3 Å². The van der Waals surface area contributed by atoms with Gasteiger partial charge in [-0.2, -0.15) is 0 Å². The van der Waals surface area contributed by atoms with Crippen LogP contribution < -0.4 is 5.73 Å². The van der Waals surface area contributed by atoms with Crippen LogP contribution in [0.15, 0.2) is 5.38 Å². The molecule has 0 spiro atoms. The number of nitrogens with two attached hydrogens (primary N) is 1.